The third kappa shape index (κ3) is 9.22. The summed E-state index contributed by atoms with van der Waals surface area (Å²) in [6.45, 7) is 5.74. The first kappa shape index (κ1) is 36.0. The van der Waals surface area contributed by atoms with Crippen LogP contribution in [0.2, 0.25) is 5.02 Å². The number of nitrogens with zero attached hydrogens (tertiary/aromatic N) is 3. The predicted octanol–water partition coefficient (Wildman–Crippen LogP) is 5.89. The summed E-state index contributed by atoms with van der Waals surface area (Å²) in [4.78, 5) is 41.9. The maximum Gasteiger partial charge on any atom is 0.408 e. The lowest BCUT2D eigenvalue weighted by Crippen LogP contribution is -2.53. The molecule has 2 heterocycles. The Morgan fingerprint density at radius 2 is 1.78 bits per heavy atom. The number of amides is 3. The minimum absolute atomic E-state index is 0.0000791. The molecule has 0 radical (unpaired) electrons. The molecule has 1 aromatic heterocycles. The molecule has 260 valence electrons. The van der Waals surface area contributed by atoms with Crippen molar-refractivity contribution >= 4 is 35.2 Å². The number of piperidine rings is 1. The van der Waals surface area contributed by atoms with Crippen molar-refractivity contribution in [2.45, 2.75) is 64.3 Å². The second-order valence-electron chi connectivity index (χ2n) is 12.9. The van der Waals surface area contributed by atoms with Gasteiger partial charge in [0.25, 0.3) is 5.91 Å². The average molecular weight is 698 g/mol. The van der Waals surface area contributed by atoms with Gasteiger partial charge in [0.05, 0.1) is 18.7 Å². The molecule has 4 N–H and O–H groups in total. The summed E-state index contributed by atoms with van der Waals surface area (Å²) in [6, 6.07) is 18.8. The molecular weight excluding hydrogens is 658 g/mol. The fraction of sp³-hybridized carbons (Fsp3) is 0.316. The lowest BCUT2D eigenvalue weighted by molar-refractivity contribution is -0.142. The molecule has 3 amide bonds. The molecule has 1 aliphatic rings. The van der Waals surface area contributed by atoms with Crippen LogP contribution in [0.1, 0.15) is 62.8 Å². The molecule has 0 bridgehead atoms. The largest absolute Gasteiger partial charge is 0.507 e. The van der Waals surface area contributed by atoms with Crippen molar-refractivity contribution in [3.05, 3.63) is 101 Å². The maximum absolute atomic E-state index is 14.0. The molecule has 11 nitrogen and oxygen atoms in total. The number of likely N-dealkylation sites (tertiary alicyclic amines) is 1. The van der Waals surface area contributed by atoms with E-state index in [1.165, 1.54) is 6.07 Å². The molecule has 1 fully saturated rings. The van der Waals surface area contributed by atoms with Gasteiger partial charge in [-0.3, -0.25) is 14.3 Å². The molecule has 5 rings (SSSR count). The number of alkyl carbamates (subject to hydrolysis) is 1. The molecule has 0 saturated carbocycles. The van der Waals surface area contributed by atoms with Crippen LogP contribution in [0, 0.1) is 11.8 Å². The Kier molecular flexibility index (Phi) is 11.5. The second-order valence-corrected chi connectivity index (χ2v) is 13.3. The fourth-order valence-electron chi connectivity index (χ4n) is 5.62. The predicted molar refractivity (Wildman–Crippen MR) is 190 cm³/mol. The van der Waals surface area contributed by atoms with Crippen LogP contribution in [0.15, 0.2) is 79.0 Å². The fourth-order valence-corrected chi connectivity index (χ4v) is 5.79. The van der Waals surface area contributed by atoms with Gasteiger partial charge in [-0.2, -0.15) is 5.10 Å². The van der Waals surface area contributed by atoms with Crippen molar-refractivity contribution in [3.63, 3.8) is 0 Å². The number of phenolic OH excluding ortho intramolecular Hbond substituents is 1. The number of rotatable bonds is 8. The number of halogens is 1. The number of benzene rings is 3. The van der Waals surface area contributed by atoms with E-state index in [2.05, 4.69) is 27.6 Å². The molecule has 4 aromatic rings. The smallest absolute Gasteiger partial charge is 0.408 e. The number of nitrogens with one attached hydrogen (secondary N) is 2. The van der Waals surface area contributed by atoms with Crippen molar-refractivity contribution in [2.75, 3.05) is 18.5 Å². The van der Waals surface area contributed by atoms with Crippen LogP contribution in [-0.2, 0) is 20.9 Å². The molecule has 50 heavy (non-hydrogen) atoms. The quantitative estimate of drug-likeness (QED) is 0.168. The highest BCUT2D eigenvalue weighted by molar-refractivity contribution is 6.31. The number of aromatic hydroxyl groups is 1. The zero-order chi connectivity index (χ0) is 35.8. The average Bonchev–Trinajstić information content (AvgIpc) is 3.49. The normalized spacial score (nSPS) is 15.0. The summed E-state index contributed by atoms with van der Waals surface area (Å²) in [5.41, 5.74) is 2.40. The number of ether oxygens (including phenoxy) is 1. The van der Waals surface area contributed by atoms with Crippen molar-refractivity contribution in [1.29, 1.82) is 0 Å². The third-order valence-electron chi connectivity index (χ3n) is 7.93. The zero-order valence-corrected chi connectivity index (χ0v) is 28.9. The van der Waals surface area contributed by atoms with Crippen molar-refractivity contribution in [3.8, 4) is 28.8 Å². The Labute approximate surface area is 296 Å². The summed E-state index contributed by atoms with van der Waals surface area (Å²) >= 11 is 6.17. The first-order valence-corrected chi connectivity index (χ1v) is 16.7. The van der Waals surface area contributed by atoms with E-state index in [0.717, 1.165) is 12.8 Å². The van der Waals surface area contributed by atoms with Gasteiger partial charge >= 0.3 is 6.09 Å². The zero-order valence-electron chi connectivity index (χ0n) is 28.1. The van der Waals surface area contributed by atoms with E-state index in [1.54, 1.807) is 97.2 Å². The van der Waals surface area contributed by atoms with E-state index in [1.807, 2.05) is 6.07 Å². The summed E-state index contributed by atoms with van der Waals surface area (Å²) in [6.07, 6.45) is 2.95. The van der Waals surface area contributed by atoms with Crippen LogP contribution in [0.5, 0.6) is 5.75 Å². The highest BCUT2D eigenvalue weighted by Gasteiger charge is 2.37. The third-order valence-corrected chi connectivity index (χ3v) is 8.16. The molecule has 0 unspecified atom stereocenters. The van der Waals surface area contributed by atoms with Gasteiger partial charge in [-0.25, -0.2) is 4.79 Å². The van der Waals surface area contributed by atoms with Gasteiger partial charge in [-0.1, -0.05) is 53.8 Å². The van der Waals surface area contributed by atoms with Gasteiger partial charge < -0.3 is 30.5 Å². The van der Waals surface area contributed by atoms with Gasteiger partial charge in [-0.15, -0.1) is 0 Å². The molecular formula is C38H40ClN5O6. The first-order chi connectivity index (χ1) is 23.9. The van der Waals surface area contributed by atoms with Gasteiger partial charge in [0.2, 0.25) is 5.91 Å². The monoisotopic (exact) mass is 697 g/mol. The van der Waals surface area contributed by atoms with Crippen LogP contribution in [-0.4, -0.2) is 67.6 Å². The molecule has 0 aliphatic carbocycles. The summed E-state index contributed by atoms with van der Waals surface area (Å²) in [5, 5.41) is 30.4. The van der Waals surface area contributed by atoms with E-state index < -0.39 is 23.8 Å². The number of carbonyl (C=O) groups is 3. The number of aromatic nitrogens is 2. The number of aliphatic hydroxyl groups is 1. The molecule has 1 aliphatic heterocycles. The summed E-state index contributed by atoms with van der Waals surface area (Å²) in [7, 11) is 0. The van der Waals surface area contributed by atoms with Crippen LogP contribution >= 0.6 is 11.6 Å². The lowest BCUT2D eigenvalue weighted by Gasteiger charge is -2.37. The number of anilines is 1. The number of phenols is 1. The van der Waals surface area contributed by atoms with Crippen LogP contribution in [0.3, 0.4) is 0 Å². The molecule has 12 heteroatoms. The lowest BCUT2D eigenvalue weighted by atomic mass is 9.98. The highest BCUT2D eigenvalue weighted by atomic mass is 35.5. The Morgan fingerprint density at radius 1 is 1.04 bits per heavy atom. The summed E-state index contributed by atoms with van der Waals surface area (Å²) < 4.78 is 6.99. The van der Waals surface area contributed by atoms with E-state index in [4.69, 9.17) is 16.3 Å². The Bertz CT molecular complexity index is 1890. The molecule has 0 spiro atoms. The van der Waals surface area contributed by atoms with E-state index in [0.29, 0.717) is 51.6 Å². The first-order valence-electron chi connectivity index (χ1n) is 16.4. The van der Waals surface area contributed by atoms with Crippen LogP contribution < -0.4 is 10.6 Å². The van der Waals surface area contributed by atoms with E-state index >= 15 is 0 Å². The van der Waals surface area contributed by atoms with Crippen molar-refractivity contribution in [1.82, 2.24) is 20.0 Å². The van der Waals surface area contributed by atoms with E-state index in [9.17, 15) is 24.6 Å². The van der Waals surface area contributed by atoms with Crippen molar-refractivity contribution < 1.29 is 29.3 Å². The second kappa shape index (κ2) is 15.9. The maximum atomic E-state index is 14.0. The minimum Gasteiger partial charge on any atom is -0.507 e. The minimum atomic E-state index is -1.03. The van der Waals surface area contributed by atoms with Gasteiger partial charge in [0.15, 0.2) is 0 Å². The molecule has 1 saturated heterocycles. The standard InChI is InChI=1S/C38H40ClN5O6/c1-38(2,3)50-37(49)41-34(26-9-5-4-6-10-26)36(48)44-20-8-7-11-31(44)35(47)40-29-17-13-25(14-18-29)12-15-27-24-43(21-22-45)42-33(27)30-23-28(39)16-19-32(30)46/h4-6,9-10,13-14,16-19,23-24,31,34,45-46H,7-8,11,20-22H2,1-3H3,(H,40,47)(H,41,49)/t31-,34+/m0/s1. The van der Waals surface area contributed by atoms with Gasteiger partial charge in [0.1, 0.15) is 29.1 Å². The highest BCUT2D eigenvalue weighted by Crippen LogP contribution is 2.33. The number of hydrogen-bond donors (Lipinski definition) is 4. The Morgan fingerprint density at radius 3 is 2.48 bits per heavy atom. The summed E-state index contributed by atoms with van der Waals surface area (Å²) in [5.74, 6) is 5.47. The SMILES string of the molecule is CC(C)(C)OC(=O)N[C@@H](C(=O)N1CCCC[C@H]1C(=O)Nc1ccc(C#Cc2cn(CCO)nc2-c2cc(Cl)ccc2O)cc1)c1ccccc1. The van der Waals surface area contributed by atoms with Crippen LogP contribution in [0.4, 0.5) is 10.5 Å². The number of carbonyl (C=O) groups excluding carboxylic acids is 3. The van der Waals surface area contributed by atoms with Crippen LogP contribution in [0.25, 0.3) is 11.3 Å². The number of hydrogen-bond acceptors (Lipinski definition) is 7. The Hall–Kier alpha value is -5.31. The van der Waals surface area contributed by atoms with E-state index in [-0.39, 0.29) is 30.7 Å². The van der Waals surface area contributed by atoms with Gasteiger partial charge in [0, 0.05) is 34.6 Å². The molecule has 3 aromatic carbocycles. The topological polar surface area (TPSA) is 146 Å². The van der Waals surface area contributed by atoms with Gasteiger partial charge in [-0.05, 0) is 88.1 Å². The number of aliphatic hydroxyl groups excluding tert-OH is 1. The molecule has 2 atom stereocenters. The Balaban J connectivity index is 1.31. The van der Waals surface area contributed by atoms with Crippen molar-refractivity contribution in [2.24, 2.45) is 0 Å².